The van der Waals surface area contributed by atoms with Crippen LogP contribution in [-0.2, 0) is 0 Å². The quantitative estimate of drug-likeness (QED) is 0.888. The maximum Gasteiger partial charge on any atom is 0.144 e. The van der Waals surface area contributed by atoms with Crippen molar-refractivity contribution in [1.82, 2.24) is 5.32 Å². The summed E-state index contributed by atoms with van der Waals surface area (Å²) in [6.07, 6.45) is 2.20. The van der Waals surface area contributed by atoms with Crippen molar-refractivity contribution >= 4 is 23.2 Å². The van der Waals surface area contributed by atoms with E-state index in [-0.39, 0.29) is 12.1 Å². The average Bonchev–Trinajstić information content (AvgIpc) is 2.70. The molecule has 0 saturated heterocycles. The first-order valence-corrected chi connectivity index (χ1v) is 6.82. The summed E-state index contributed by atoms with van der Waals surface area (Å²) in [4.78, 5) is 0. The molecule has 0 saturated carbocycles. The summed E-state index contributed by atoms with van der Waals surface area (Å²) >= 11 is 12.2. The molecule has 0 spiro atoms. The molecule has 0 amide bonds. The smallest absolute Gasteiger partial charge is 0.144 e. The standard InChI is InChI=1S/C13H17Cl2NO/c1-3-7-16-12-8-5-6-9(14)11(15)13(8)17-10(12)4-2/h5-6,10,12,16H,3-4,7H2,1-2H3. The predicted octanol–water partition coefficient (Wildman–Crippen LogP) is 4.21. The molecule has 1 aromatic carbocycles. The molecule has 0 fully saturated rings. The first-order chi connectivity index (χ1) is 8.19. The highest BCUT2D eigenvalue weighted by atomic mass is 35.5. The zero-order valence-electron chi connectivity index (χ0n) is 10.1. The molecule has 4 heteroatoms. The minimum Gasteiger partial charge on any atom is -0.486 e. The van der Waals surface area contributed by atoms with E-state index in [0.717, 1.165) is 30.7 Å². The highest BCUT2D eigenvalue weighted by Gasteiger charge is 2.34. The Kier molecular flexibility index (Phi) is 4.18. The van der Waals surface area contributed by atoms with E-state index in [1.807, 2.05) is 12.1 Å². The number of hydrogen-bond donors (Lipinski definition) is 1. The maximum absolute atomic E-state index is 6.18. The minimum absolute atomic E-state index is 0.146. The molecular weight excluding hydrogens is 257 g/mol. The third-order valence-corrected chi connectivity index (χ3v) is 3.86. The summed E-state index contributed by atoms with van der Waals surface area (Å²) in [5, 5.41) is 4.59. The second kappa shape index (κ2) is 5.47. The van der Waals surface area contributed by atoms with Gasteiger partial charge >= 0.3 is 0 Å². The van der Waals surface area contributed by atoms with Gasteiger partial charge in [-0.25, -0.2) is 0 Å². The Balaban J connectivity index is 2.32. The van der Waals surface area contributed by atoms with Crippen LogP contribution in [0.15, 0.2) is 12.1 Å². The molecule has 2 unspecified atom stereocenters. The minimum atomic E-state index is 0.146. The van der Waals surface area contributed by atoms with Crippen molar-refractivity contribution < 1.29 is 4.74 Å². The van der Waals surface area contributed by atoms with Crippen molar-refractivity contribution in [3.63, 3.8) is 0 Å². The molecule has 0 radical (unpaired) electrons. The lowest BCUT2D eigenvalue weighted by Gasteiger charge is -2.18. The van der Waals surface area contributed by atoms with Gasteiger partial charge in [0, 0.05) is 5.56 Å². The van der Waals surface area contributed by atoms with Gasteiger partial charge in [-0.15, -0.1) is 0 Å². The molecule has 0 aromatic heterocycles. The van der Waals surface area contributed by atoms with Crippen LogP contribution in [-0.4, -0.2) is 12.6 Å². The Bertz CT molecular complexity index is 409. The van der Waals surface area contributed by atoms with E-state index in [1.165, 1.54) is 0 Å². The lowest BCUT2D eigenvalue weighted by Crippen LogP contribution is -2.30. The van der Waals surface area contributed by atoms with Crippen molar-refractivity contribution in [2.45, 2.75) is 38.8 Å². The average molecular weight is 274 g/mol. The van der Waals surface area contributed by atoms with Crippen LogP contribution in [0.1, 0.15) is 38.3 Å². The van der Waals surface area contributed by atoms with Crippen LogP contribution in [0.2, 0.25) is 10.0 Å². The monoisotopic (exact) mass is 273 g/mol. The van der Waals surface area contributed by atoms with Crippen molar-refractivity contribution in [2.75, 3.05) is 6.54 Å². The summed E-state index contributed by atoms with van der Waals surface area (Å²) in [6, 6.07) is 4.07. The van der Waals surface area contributed by atoms with Gasteiger partial charge in [-0.05, 0) is 25.5 Å². The molecule has 1 aromatic rings. The van der Waals surface area contributed by atoms with Crippen LogP contribution in [0.4, 0.5) is 0 Å². The molecule has 17 heavy (non-hydrogen) atoms. The van der Waals surface area contributed by atoms with E-state index in [0.29, 0.717) is 10.0 Å². The summed E-state index contributed by atoms with van der Waals surface area (Å²) in [6.45, 7) is 5.25. The normalized spacial score (nSPS) is 22.4. The molecule has 1 N–H and O–H groups in total. The van der Waals surface area contributed by atoms with Gasteiger partial charge in [0.05, 0.1) is 11.1 Å². The molecule has 2 atom stereocenters. The van der Waals surface area contributed by atoms with Gasteiger partial charge in [-0.3, -0.25) is 0 Å². The highest BCUT2D eigenvalue weighted by molar-refractivity contribution is 6.43. The van der Waals surface area contributed by atoms with Crippen LogP contribution >= 0.6 is 23.2 Å². The first kappa shape index (κ1) is 13.0. The van der Waals surface area contributed by atoms with Gasteiger partial charge in [-0.2, -0.15) is 0 Å². The van der Waals surface area contributed by atoms with E-state index < -0.39 is 0 Å². The van der Waals surface area contributed by atoms with Crippen molar-refractivity contribution in [3.8, 4) is 5.75 Å². The van der Waals surface area contributed by atoms with E-state index in [4.69, 9.17) is 27.9 Å². The van der Waals surface area contributed by atoms with Crippen LogP contribution < -0.4 is 10.1 Å². The molecule has 1 heterocycles. The van der Waals surface area contributed by atoms with Crippen LogP contribution in [0.5, 0.6) is 5.75 Å². The third-order valence-electron chi connectivity index (χ3n) is 3.07. The number of benzene rings is 1. The van der Waals surface area contributed by atoms with Crippen molar-refractivity contribution in [3.05, 3.63) is 27.7 Å². The number of halogens is 2. The van der Waals surface area contributed by atoms with Crippen LogP contribution in [0, 0.1) is 0 Å². The number of fused-ring (bicyclic) bond motifs is 1. The summed E-state index contributed by atoms with van der Waals surface area (Å²) in [5.74, 6) is 0.750. The molecule has 1 aliphatic rings. The Morgan fingerprint density at radius 1 is 1.29 bits per heavy atom. The Morgan fingerprint density at radius 3 is 2.71 bits per heavy atom. The Hall–Kier alpha value is -0.440. The number of rotatable bonds is 4. The van der Waals surface area contributed by atoms with E-state index in [2.05, 4.69) is 19.2 Å². The lowest BCUT2D eigenvalue weighted by atomic mass is 10.0. The topological polar surface area (TPSA) is 21.3 Å². The fourth-order valence-corrected chi connectivity index (χ4v) is 2.56. The third kappa shape index (κ3) is 2.40. The zero-order valence-corrected chi connectivity index (χ0v) is 11.6. The fourth-order valence-electron chi connectivity index (χ4n) is 2.19. The number of nitrogens with one attached hydrogen (secondary N) is 1. The molecular formula is C13H17Cl2NO. The molecule has 2 rings (SSSR count). The van der Waals surface area contributed by atoms with Crippen LogP contribution in [0.3, 0.4) is 0 Å². The SMILES string of the molecule is CCCNC1c2ccc(Cl)c(Cl)c2OC1CC. The van der Waals surface area contributed by atoms with Gasteiger partial charge in [0.2, 0.25) is 0 Å². The molecule has 94 valence electrons. The Labute approximate surface area is 112 Å². The number of hydrogen-bond acceptors (Lipinski definition) is 2. The second-order valence-electron chi connectivity index (χ2n) is 4.28. The largest absolute Gasteiger partial charge is 0.486 e. The van der Waals surface area contributed by atoms with Gasteiger partial charge < -0.3 is 10.1 Å². The second-order valence-corrected chi connectivity index (χ2v) is 5.06. The number of ether oxygens (including phenoxy) is 1. The van der Waals surface area contributed by atoms with Crippen molar-refractivity contribution in [1.29, 1.82) is 0 Å². The first-order valence-electron chi connectivity index (χ1n) is 6.07. The lowest BCUT2D eigenvalue weighted by molar-refractivity contribution is 0.185. The van der Waals surface area contributed by atoms with Gasteiger partial charge in [0.1, 0.15) is 16.9 Å². The highest BCUT2D eigenvalue weighted by Crippen LogP contribution is 2.45. The van der Waals surface area contributed by atoms with E-state index in [9.17, 15) is 0 Å². The van der Waals surface area contributed by atoms with Gasteiger partial charge in [-0.1, -0.05) is 43.1 Å². The van der Waals surface area contributed by atoms with E-state index >= 15 is 0 Å². The zero-order chi connectivity index (χ0) is 12.4. The molecule has 2 nitrogen and oxygen atoms in total. The molecule has 0 aliphatic carbocycles. The maximum atomic E-state index is 6.18. The predicted molar refractivity (Wildman–Crippen MR) is 72.2 cm³/mol. The van der Waals surface area contributed by atoms with Gasteiger partial charge in [0.25, 0.3) is 0 Å². The van der Waals surface area contributed by atoms with E-state index in [1.54, 1.807) is 0 Å². The summed E-state index contributed by atoms with van der Waals surface area (Å²) in [5.41, 5.74) is 1.12. The van der Waals surface area contributed by atoms with Crippen LogP contribution in [0.25, 0.3) is 0 Å². The summed E-state index contributed by atoms with van der Waals surface area (Å²) < 4.78 is 5.90. The Morgan fingerprint density at radius 2 is 2.06 bits per heavy atom. The molecule has 1 aliphatic heterocycles. The summed E-state index contributed by atoms with van der Waals surface area (Å²) in [7, 11) is 0. The molecule has 0 bridgehead atoms. The van der Waals surface area contributed by atoms with Crippen molar-refractivity contribution in [2.24, 2.45) is 0 Å². The fraction of sp³-hybridized carbons (Fsp3) is 0.538. The van der Waals surface area contributed by atoms with Gasteiger partial charge in [0.15, 0.2) is 0 Å².